The lowest BCUT2D eigenvalue weighted by molar-refractivity contribution is -0.136. The number of amides is 1. The predicted octanol–water partition coefficient (Wildman–Crippen LogP) is 2.40. The van der Waals surface area contributed by atoms with Crippen LogP contribution in [-0.2, 0) is 9.59 Å². The van der Waals surface area contributed by atoms with Crippen LogP contribution < -0.4 is 4.90 Å². The number of halogens is 3. The molecule has 4 nitrogen and oxygen atoms in total. The first kappa shape index (κ1) is 13.1. The number of hydrogen-bond acceptors (Lipinski definition) is 2. The van der Waals surface area contributed by atoms with Gasteiger partial charge in [-0.25, -0.2) is 4.39 Å². The van der Waals surface area contributed by atoms with Gasteiger partial charge in [-0.05, 0) is 28.1 Å². The summed E-state index contributed by atoms with van der Waals surface area (Å²) in [6, 6.07) is 2.68. The standard InChI is InChI=1S/C9H6Br2FNO3/c10-5-1-6(11)9(7(12)2-5)13(4-14)3-8(15)16/h1-2,4H,3H2,(H,15,16). The van der Waals surface area contributed by atoms with Crippen LogP contribution in [0.1, 0.15) is 0 Å². The molecule has 0 heterocycles. The SMILES string of the molecule is O=CN(CC(=O)O)c1c(F)cc(Br)cc1Br. The summed E-state index contributed by atoms with van der Waals surface area (Å²) < 4.78 is 14.3. The minimum Gasteiger partial charge on any atom is -0.480 e. The van der Waals surface area contributed by atoms with E-state index in [-0.39, 0.29) is 12.1 Å². The number of aliphatic carboxylic acids is 1. The second-order valence-corrected chi connectivity index (χ2v) is 4.62. The van der Waals surface area contributed by atoms with Crippen LogP contribution in [0.2, 0.25) is 0 Å². The van der Waals surface area contributed by atoms with E-state index >= 15 is 0 Å². The molecular formula is C9H6Br2FNO3. The van der Waals surface area contributed by atoms with E-state index in [9.17, 15) is 14.0 Å². The lowest BCUT2D eigenvalue weighted by Gasteiger charge is -2.17. The van der Waals surface area contributed by atoms with Crippen molar-refractivity contribution in [1.29, 1.82) is 0 Å². The summed E-state index contributed by atoms with van der Waals surface area (Å²) in [5, 5.41) is 8.57. The van der Waals surface area contributed by atoms with E-state index in [0.29, 0.717) is 8.95 Å². The molecule has 0 radical (unpaired) electrons. The highest BCUT2D eigenvalue weighted by Crippen LogP contribution is 2.31. The summed E-state index contributed by atoms with van der Waals surface area (Å²) in [5.41, 5.74) is -0.0967. The fourth-order valence-corrected chi connectivity index (χ4v) is 2.52. The molecule has 0 spiro atoms. The Morgan fingerprint density at radius 1 is 1.50 bits per heavy atom. The van der Waals surface area contributed by atoms with Crippen LogP contribution in [0.5, 0.6) is 0 Å². The maximum absolute atomic E-state index is 13.5. The minimum absolute atomic E-state index is 0.0967. The van der Waals surface area contributed by atoms with Gasteiger partial charge in [0.05, 0.1) is 5.69 Å². The van der Waals surface area contributed by atoms with Gasteiger partial charge in [-0.15, -0.1) is 0 Å². The van der Waals surface area contributed by atoms with Crippen molar-refractivity contribution in [2.75, 3.05) is 11.4 Å². The van der Waals surface area contributed by atoms with Gasteiger partial charge in [0.15, 0.2) is 0 Å². The normalized spacial score (nSPS) is 9.94. The Kier molecular flexibility index (Phi) is 4.43. The van der Waals surface area contributed by atoms with E-state index in [1.54, 1.807) is 0 Å². The van der Waals surface area contributed by atoms with Gasteiger partial charge < -0.3 is 10.0 Å². The summed E-state index contributed by atoms with van der Waals surface area (Å²) in [5.74, 6) is -1.91. The molecule has 0 fully saturated rings. The van der Waals surface area contributed by atoms with Crippen molar-refractivity contribution in [3.05, 3.63) is 26.9 Å². The molecule has 0 saturated carbocycles. The lowest BCUT2D eigenvalue weighted by Crippen LogP contribution is -2.29. The van der Waals surface area contributed by atoms with E-state index < -0.39 is 18.3 Å². The van der Waals surface area contributed by atoms with E-state index in [1.165, 1.54) is 6.07 Å². The summed E-state index contributed by atoms with van der Waals surface area (Å²) >= 11 is 6.14. The smallest absolute Gasteiger partial charge is 0.323 e. The van der Waals surface area contributed by atoms with Crippen molar-refractivity contribution in [2.45, 2.75) is 0 Å². The number of carbonyl (C=O) groups is 2. The van der Waals surface area contributed by atoms with Gasteiger partial charge >= 0.3 is 5.97 Å². The summed E-state index contributed by atoms with van der Waals surface area (Å²) in [7, 11) is 0. The highest BCUT2D eigenvalue weighted by molar-refractivity contribution is 9.11. The number of carbonyl (C=O) groups excluding carboxylic acids is 1. The zero-order valence-corrected chi connectivity index (χ0v) is 11.0. The highest BCUT2D eigenvalue weighted by atomic mass is 79.9. The molecule has 0 aromatic heterocycles. The molecule has 1 amide bonds. The molecule has 0 aliphatic carbocycles. The summed E-state index contributed by atoms with van der Waals surface area (Å²) in [4.78, 5) is 21.9. The Morgan fingerprint density at radius 2 is 2.12 bits per heavy atom. The molecule has 0 unspecified atom stereocenters. The lowest BCUT2D eigenvalue weighted by atomic mass is 10.3. The molecule has 0 saturated heterocycles. The van der Waals surface area contributed by atoms with Gasteiger partial charge in [0.1, 0.15) is 12.4 Å². The second-order valence-electron chi connectivity index (χ2n) is 2.85. The fourth-order valence-electron chi connectivity index (χ4n) is 1.12. The van der Waals surface area contributed by atoms with Crippen LogP contribution in [0.3, 0.4) is 0 Å². The molecule has 1 N–H and O–H groups in total. The van der Waals surface area contributed by atoms with Crippen LogP contribution in [0.15, 0.2) is 21.1 Å². The maximum Gasteiger partial charge on any atom is 0.323 e. The average Bonchev–Trinajstić information content (AvgIpc) is 2.13. The van der Waals surface area contributed by atoms with Gasteiger partial charge in [-0.2, -0.15) is 0 Å². The Bertz CT molecular complexity index is 416. The third-order valence-electron chi connectivity index (χ3n) is 1.70. The first-order valence-corrected chi connectivity index (χ1v) is 5.62. The van der Waals surface area contributed by atoms with Gasteiger partial charge in [0.2, 0.25) is 6.41 Å². The van der Waals surface area contributed by atoms with Gasteiger partial charge in [0.25, 0.3) is 0 Å². The van der Waals surface area contributed by atoms with E-state index in [0.717, 1.165) is 11.0 Å². The highest BCUT2D eigenvalue weighted by Gasteiger charge is 2.17. The largest absolute Gasteiger partial charge is 0.480 e. The zero-order chi connectivity index (χ0) is 12.3. The van der Waals surface area contributed by atoms with Crippen molar-refractivity contribution >= 4 is 49.9 Å². The third kappa shape index (κ3) is 3.02. The summed E-state index contributed by atoms with van der Waals surface area (Å²) in [6.07, 6.45) is 0.269. The molecule has 86 valence electrons. The zero-order valence-electron chi connectivity index (χ0n) is 7.78. The molecule has 1 aromatic rings. The second kappa shape index (κ2) is 5.40. The van der Waals surface area contributed by atoms with Gasteiger partial charge in [-0.3, -0.25) is 9.59 Å². The van der Waals surface area contributed by atoms with Crippen molar-refractivity contribution < 1.29 is 19.1 Å². The van der Waals surface area contributed by atoms with Crippen LogP contribution in [0.25, 0.3) is 0 Å². The van der Waals surface area contributed by atoms with Crippen molar-refractivity contribution in [3.63, 3.8) is 0 Å². The molecule has 0 aliphatic heterocycles. The minimum atomic E-state index is -1.22. The molecule has 1 rings (SSSR count). The molecule has 7 heteroatoms. The fraction of sp³-hybridized carbons (Fsp3) is 0.111. The molecule has 16 heavy (non-hydrogen) atoms. The molecule has 0 bridgehead atoms. The molecule has 0 aliphatic rings. The summed E-state index contributed by atoms with van der Waals surface area (Å²) in [6.45, 7) is -0.597. The maximum atomic E-state index is 13.5. The monoisotopic (exact) mass is 353 g/mol. The number of hydrogen-bond donors (Lipinski definition) is 1. The number of rotatable bonds is 4. The predicted molar refractivity (Wildman–Crippen MR) is 62.8 cm³/mol. The molecule has 0 atom stereocenters. The van der Waals surface area contributed by atoms with Gasteiger partial charge in [-0.1, -0.05) is 15.9 Å². The van der Waals surface area contributed by atoms with Crippen LogP contribution in [0.4, 0.5) is 10.1 Å². The van der Waals surface area contributed by atoms with Crippen LogP contribution in [-0.4, -0.2) is 24.0 Å². The van der Waals surface area contributed by atoms with E-state index in [2.05, 4.69) is 31.9 Å². The number of anilines is 1. The van der Waals surface area contributed by atoms with E-state index in [4.69, 9.17) is 5.11 Å². The van der Waals surface area contributed by atoms with Gasteiger partial charge in [0, 0.05) is 8.95 Å². The van der Waals surface area contributed by atoms with Crippen LogP contribution in [0, 0.1) is 5.82 Å². The van der Waals surface area contributed by atoms with Crippen molar-refractivity contribution in [2.24, 2.45) is 0 Å². The van der Waals surface area contributed by atoms with Crippen molar-refractivity contribution in [3.8, 4) is 0 Å². The quantitative estimate of drug-likeness (QED) is 0.844. The molecular weight excluding hydrogens is 349 g/mol. The number of carboxylic acid groups (broad SMARTS) is 1. The van der Waals surface area contributed by atoms with Crippen molar-refractivity contribution in [1.82, 2.24) is 0 Å². The third-order valence-corrected chi connectivity index (χ3v) is 2.76. The first-order valence-electron chi connectivity index (χ1n) is 4.04. The topological polar surface area (TPSA) is 57.6 Å². The van der Waals surface area contributed by atoms with Crippen LogP contribution >= 0.6 is 31.9 Å². The number of nitrogens with zero attached hydrogens (tertiary/aromatic N) is 1. The first-order chi connectivity index (χ1) is 7.45. The molecule has 1 aromatic carbocycles. The number of benzene rings is 1. The number of carboxylic acids is 1. The Morgan fingerprint density at radius 3 is 2.56 bits per heavy atom. The average molecular weight is 355 g/mol. The Labute approximate surface area is 107 Å². The van der Waals surface area contributed by atoms with E-state index in [1.807, 2.05) is 0 Å². The Hall–Kier alpha value is -0.950. The Balaban J connectivity index is 3.19.